The second-order valence-corrected chi connectivity index (χ2v) is 16.9. The maximum atomic E-state index is 14.0. The molecule has 2 aliphatic rings. The highest BCUT2D eigenvalue weighted by Gasteiger charge is 2.45. The van der Waals surface area contributed by atoms with Crippen LogP contribution in [-0.2, 0) is 49.4 Å². The monoisotopic (exact) mass is 971 g/mol. The number of likely N-dealkylation sites (tertiary alicyclic amines) is 2. The molecule has 0 saturated carbocycles. The van der Waals surface area contributed by atoms with E-state index in [0.29, 0.717) is 34.6 Å². The summed E-state index contributed by atoms with van der Waals surface area (Å²) in [6, 6.07) is 22.1. The highest BCUT2D eigenvalue weighted by molar-refractivity contribution is 7.99. The number of likely N-dealkylation sites (N-methyl/N-ethyl adjacent to an activating group) is 1. The third-order valence-corrected chi connectivity index (χ3v) is 12.0. The lowest BCUT2D eigenvalue weighted by molar-refractivity contribution is -0.385. The predicted molar refractivity (Wildman–Crippen MR) is 245 cm³/mol. The first-order chi connectivity index (χ1) is 33.0. The largest absolute Gasteiger partial charge is 0.497 e. The number of non-ortho nitro benzene ring substituents is 3. The second kappa shape index (κ2) is 23.4. The van der Waals surface area contributed by atoms with Crippen LogP contribution in [0.5, 0.6) is 5.75 Å². The van der Waals surface area contributed by atoms with Crippen molar-refractivity contribution < 1.29 is 57.7 Å². The Hall–Kier alpha value is -8.35. The molecule has 2 aliphatic heterocycles. The number of benzene rings is 4. The van der Waals surface area contributed by atoms with Gasteiger partial charge in [0, 0.05) is 74.1 Å². The van der Waals surface area contributed by atoms with Gasteiger partial charge in [-0.05, 0) is 77.2 Å². The van der Waals surface area contributed by atoms with Gasteiger partial charge < -0.3 is 34.1 Å². The van der Waals surface area contributed by atoms with Gasteiger partial charge in [-0.15, -0.1) is 4.99 Å². The normalized spacial score (nSPS) is 15.5. The van der Waals surface area contributed by atoms with E-state index in [1.54, 1.807) is 18.9 Å². The van der Waals surface area contributed by atoms with E-state index in [1.807, 2.05) is 24.3 Å². The standard InChI is InChI=1S/C44H45N9O15S/c1-48(41(46-42(56)66-24-28-3-11-33(12-4-28)51(59)60)47-43(57)67-25-29-5-13-34(14-6-29)52(61)62)23-39(54)45-32-20-49(21-32)40(55)38-19-37(69-27-31-9-17-36(65-2)18-10-31)22-50(38)44(58)68-26-30-7-15-35(16-8-30)53(63)64/h3-18,32,37-38H,19-27H2,1-2H3,(H,45,54)(H,46,47,56,57)/t37-,38-/m0/s1. The van der Waals surface area contributed by atoms with Gasteiger partial charge in [0.2, 0.25) is 17.8 Å². The molecule has 0 aliphatic carbocycles. The Balaban J connectivity index is 1.05. The van der Waals surface area contributed by atoms with Crippen LogP contribution in [0, 0.1) is 30.3 Å². The summed E-state index contributed by atoms with van der Waals surface area (Å²) in [7, 11) is 2.91. The molecule has 2 heterocycles. The molecule has 0 radical (unpaired) electrons. The Bertz CT molecular complexity index is 2560. The fraction of sp³-hybridized carbons (Fsp3) is 0.318. The summed E-state index contributed by atoms with van der Waals surface area (Å²) in [4.78, 5) is 106. The summed E-state index contributed by atoms with van der Waals surface area (Å²) < 4.78 is 21.2. The molecule has 6 rings (SSSR count). The van der Waals surface area contributed by atoms with Gasteiger partial charge in [-0.25, -0.2) is 14.4 Å². The highest BCUT2D eigenvalue weighted by atomic mass is 32.2. The van der Waals surface area contributed by atoms with Crippen molar-refractivity contribution in [3.63, 3.8) is 0 Å². The van der Waals surface area contributed by atoms with E-state index in [1.165, 1.54) is 89.6 Å². The summed E-state index contributed by atoms with van der Waals surface area (Å²) in [6.45, 7) is -0.904. The van der Waals surface area contributed by atoms with Crippen molar-refractivity contribution in [3.05, 3.63) is 150 Å². The lowest BCUT2D eigenvalue weighted by Gasteiger charge is -2.42. The first kappa shape index (κ1) is 50.1. The summed E-state index contributed by atoms with van der Waals surface area (Å²) in [6.07, 6.45) is -2.71. The fourth-order valence-electron chi connectivity index (χ4n) is 6.93. The van der Waals surface area contributed by atoms with Crippen molar-refractivity contribution >= 4 is 64.9 Å². The molecule has 2 fully saturated rings. The van der Waals surface area contributed by atoms with Crippen molar-refractivity contribution in [3.8, 4) is 5.75 Å². The van der Waals surface area contributed by atoms with Crippen LogP contribution >= 0.6 is 11.8 Å². The quantitative estimate of drug-likeness (QED) is 0.0445. The molecule has 0 bridgehead atoms. The summed E-state index contributed by atoms with van der Waals surface area (Å²) in [5.41, 5.74) is 1.86. The number of amides is 5. The lowest BCUT2D eigenvalue weighted by Crippen LogP contribution is -2.64. The minimum Gasteiger partial charge on any atom is -0.497 e. The van der Waals surface area contributed by atoms with Crippen LogP contribution in [-0.4, -0.2) is 123 Å². The molecule has 4 aromatic carbocycles. The molecular weight excluding hydrogens is 927 g/mol. The average Bonchev–Trinajstić information content (AvgIpc) is 3.77. The molecule has 69 heavy (non-hydrogen) atoms. The summed E-state index contributed by atoms with van der Waals surface area (Å²) >= 11 is 1.58. The number of rotatable bonds is 17. The number of guanidine groups is 1. The number of carbonyl (C=O) groups is 5. The SMILES string of the molecule is COc1ccc(CS[C@H]2C[C@@H](C(=O)N3CC(NC(=O)CN(C)C(=NC(=O)OCc4ccc([N+](=O)[O-])cc4)NC(=O)OCc4ccc([N+](=O)[O-])cc4)C3)N(C(=O)OCc3ccc([N+](=O)[O-])cc3)C2)cc1. The third-order valence-electron chi connectivity index (χ3n) is 10.7. The summed E-state index contributed by atoms with van der Waals surface area (Å²) in [5.74, 6) is -0.0926. The van der Waals surface area contributed by atoms with Crippen LogP contribution in [0.25, 0.3) is 0 Å². The van der Waals surface area contributed by atoms with Crippen molar-refractivity contribution in [1.82, 2.24) is 25.3 Å². The average molecular weight is 972 g/mol. The Labute approximate surface area is 397 Å². The Morgan fingerprint density at radius 2 is 1.20 bits per heavy atom. The summed E-state index contributed by atoms with van der Waals surface area (Å²) in [5, 5.41) is 38.0. The number of thioether (sulfide) groups is 1. The molecule has 2 N–H and O–H groups in total. The van der Waals surface area contributed by atoms with Crippen molar-refractivity contribution in [1.29, 1.82) is 0 Å². The topological polar surface area (TPSA) is 298 Å². The van der Waals surface area contributed by atoms with Crippen LogP contribution in [0.4, 0.5) is 31.4 Å². The number of nitro benzene ring substituents is 3. The Kier molecular flexibility index (Phi) is 17.0. The molecule has 5 amide bonds. The molecule has 362 valence electrons. The maximum Gasteiger partial charge on any atom is 0.437 e. The Morgan fingerprint density at radius 1 is 0.710 bits per heavy atom. The zero-order valence-corrected chi connectivity index (χ0v) is 37.8. The Morgan fingerprint density at radius 3 is 1.71 bits per heavy atom. The number of ether oxygens (including phenoxy) is 4. The molecule has 2 saturated heterocycles. The van der Waals surface area contributed by atoms with Gasteiger partial charge in [-0.3, -0.25) is 50.1 Å². The number of aliphatic imine (C=N–C) groups is 1. The minimum atomic E-state index is -1.20. The first-order valence-corrected chi connectivity index (χ1v) is 22.0. The van der Waals surface area contributed by atoms with Crippen LogP contribution in [0.2, 0.25) is 0 Å². The molecule has 0 spiro atoms. The molecular formula is C44H45N9O15S. The third kappa shape index (κ3) is 14.3. The van der Waals surface area contributed by atoms with Gasteiger partial charge in [-0.2, -0.15) is 11.8 Å². The van der Waals surface area contributed by atoms with Crippen molar-refractivity contribution in [2.75, 3.05) is 40.3 Å². The van der Waals surface area contributed by atoms with Crippen LogP contribution in [0.1, 0.15) is 28.7 Å². The zero-order valence-electron chi connectivity index (χ0n) is 37.0. The van der Waals surface area contributed by atoms with E-state index in [0.717, 1.165) is 10.5 Å². The maximum absolute atomic E-state index is 14.0. The van der Waals surface area contributed by atoms with Crippen LogP contribution in [0.15, 0.2) is 102 Å². The molecule has 24 nitrogen and oxygen atoms in total. The molecule has 0 unspecified atom stereocenters. The van der Waals surface area contributed by atoms with E-state index in [4.69, 9.17) is 18.9 Å². The number of hydrogen-bond acceptors (Lipinski definition) is 16. The minimum absolute atomic E-state index is 0.100. The van der Waals surface area contributed by atoms with E-state index in [2.05, 4.69) is 15.6 Å². The number of alkyl carbamates (subject to hydrolysis) is 1. The smallest absolute Gasteiger partial charge is 0.437 e. The number of nitrogens with zero attached hydrogens (tertiary/aromatic N) is 7. The highest BCUT2D eigenvalue weighted by Crippen LogP contribution is 2.33. The number of carbonyl (C=O) groups excluding carboxylic acids is 5. The van der Waals surface area contributed by atoms with E-state index in [9.17, 15) is 54.3 Å². The van der Waals surface area contributed by atoms with E-state index >= 15 is 0 Å². The zero-order chi connectivity index (χ0) is 49.6. The predicted octanol–water partition coefficient (Wildman–Crippen LogP) is 5.31. The molecule has 2 atom stereocenters. The number of nitro groups is 3. The first-order valence-electron chi connectivity index (χ1n) is 20.9. The fourth-order valence-corrected chi connectivity index (χ4v) is 8.14. The second-order valence-electron chi connectivity index (χ2n) is 15.6. The van der Waals surface area contributed by atoms with Gasteiger partial charge in [0.1, 0.15) is 31.6 Å². The van der Waals surface area contributed by atoms with Crippen molar-refractivity contribution in [2.45, 2.75) is 49.3 Å². The lowest BCUT2D eigenvalue weighted by atomic mass is 10.1. The van der Waals surface area contributed by atoms with Crippen molar-refractivity contribution in [2.24, 2.45) is 4.99 Å². The van der Waals surface area contributed by atoms with Crippen LogP contribution < -0.4 is 15.4 Å². The van der Waals surface area contributed by atoms with Gasteiger partial charge in [0.05, 0.1) is 34.5 Å². The van der Waals surface area contributed by atoms with Gasteiger partial charge in [-0.1, -0.05) is 12.1 Å². The van der Waals surface area contributed by atoms with Gasteiger partial charge in [0.15, 0.2) is 0 Å². The van der Waals surface area contributed by atoms with E-state index < -0.39 is 63.5 Å². The van der Waals surface area contributed by atoms with Gasteiger partial charge >= 0.3 is 18.3 Å². The van der Waals surface area contributed by atoms with E-state index in [-0.39, 0.29) is 67.7 Å². The van der Waals surface area contributed by atoms with Gasteiger partial charge in [0.25, 0.3) is 17.1 Å². The number of hydrogen-bond donors (Lipinski definition) is 2. The molecule has 4 aromatic rings. The molecule has 0 aromatic heterocycles. The van der Waals surface area contributed by atoms with Crippen LogP contribution in [0.3, 0.4) is 0 Å². The number of nitrogens with one attached hydrogen (secondary N) is 2. The molecule has 25 heteroatoms. The number of methoxy groups -OCH3 is 1.